The Kier molecular flexibility index (Phi) is 3.90. The van der Waals surface area contributed by atoms with Crippen molar-refractivity contribution in [1.29, 1.82) is 0 Å². The van der Waals surface area contributed by atoms with E-state index in [1.165, 1.54) is 5.56 Å². The van der Waals surface area contributed by atoms with Crippen molar-refractivity contribution in [1.82, 2.24) is 9.97 Å². The summed E-state index contributed by atoms with van der Waals surface area (Å²) < 4.78 is 5.91. The zero-order valence-corrected chi connectivity index (χ0v) is 13.9. The summed E-state index contributed by atoms with van der Waals surface area (Å²) in [6.45, 7) is 2.54. The van der Waals surface area contributed by atoms with E-state index in [-0.39, 0.29) is 5.95 Å². The molecule has 0 unspecified atom stereocenters. The lowest BCUT2D eigenvalue weighted by Crippen LogP contribution is -2.11. The second-order valence-corrected chi connectivity index (χ2v) is 6.05. The summed E-state index contributed by atoms with van der Waals surface area (Å²) in [4.78, 5) is 12.9. The van der Waals surface area contributed by atoms with Crippen LogP contribution < -0.4 is 10.5 Å². The second-order valence-electron chi connectivity index (χ2n) is 6.05. The molecule has 25 heavy (non-hydrogen) atoms. The number of aliphatic imine (C=N–C) groups is 1. The number of aryl methyl sites for hydroxylation is 1. The Labute approximate surface area is 146 Å². The van der Waals surface area contributed by atoms with Gasteiger partial charge in [0.1, 0.15) is 12.4 Å². The molecule has 2 heterocycles. The number of para-hydroxylation sites is 1. The topological polar surface area (TPSA) is 73.4 Å². The highest BCUT2D eigenvalue weighted by molar-refractivity contribution is 5.95. The highest BCUT2D eigenvalue weighted by Gasteiger charge is 2.16. The van der Waals surface area contributed by atoms with Gasteiger partial charge in [-0.15, -0.1) is 0 Å². The average Bonchev–Trinajstić information content (AvgIpc) is 3.03. The second kappa shape index (κ2) is 6.36. The SMILES string of the molecule is Cc1ccccc1OCC1=Nc2cc(-c3ccnc(N)n3)ccc2C1. The lowest BCUT2D eigenvalue weighted by atomic mass is 10.1. The number of aromatic nitrogens is 2. The lowest BCUT2D eigenvalue weighted by molar-refractivity contribution is 0.372. The molecular weight excluding hydrogens is 312 g/mol. The van der Waals surface area contributed by atoms with Crippen molar-refractivity contribution in [3.63, 3.8) is 0 Å². The molecule has 0 saturated carbocycles. The van der Waals surface area contributed by atoms with Crippen molar-refractivity contribution < 1.29 is 4.74 Å². The highest BCUT2D eigenvalue weighted by atomic mass is 16.5. The number of rotatable bonds is 4. The Bertz CT molecular complexity index is 965. The first-order valence-corrected chi connectivity index (χ1v) is 8.16. The molecule has 124 valence electrons. The van der Waals surface area contributed by atoms with Gasteiger partial charge in [0.25, 0.3) is 0 Å². The fourth-order valence-electron chi connectivity index (χ4n) is 2.90. The van der Waals surface area contributed by atoms with Crippen LogP contribution in [0, 0.1) is 6.92 Å². The number of nitrogens with two attached hydrogens (primary N) is 1. The maximum atomic E-state index is 5.91. The molecule has 3 aromatic rings. The fourth-order valence-corrected chi connectivity index (χ4v) is 2.90. The van der Waals surface area contributed by atoms with Crippen LogP contribution >= 0.6 is 0 Å². The van der Waals surface area contributed by atoms with Crippen LogP contribution in [0.3, 0.4) is 0 Å². The predicted molar refractivity (Wildman–Crippen MR) is 99.4 cm³/mol. The van der Waals surface area contributed by atoms with E-state index in [1.54, 1.807) is 6.20 Å². The summed E-state index contributed by atoms with van der Waals surface area (Å²) >= 11 is 0. The number of fused-ring (bicyclic) bond motifs is 1. The molecular formula is C20H18N4O. The van der Waals surface area contributed by atoms with Crippen LogP contribution in [0.5, 0.6) is 5.75 Å². The van der Waals surface area contributed by atoms with Crippen LogP contribution in [0.25, 0.3) is 11.3 Å². The van der Waals surface area contributed by atoms with E-state index in [0.29, 0.717) is 6.61 Å². The zero-order valence-electron chi connectivity index (χ0n) is 13.9. The van der Waals surface area contributed by atoms with Gasteiger partial charge in [-0.05, 0) is 36.2 Å². The molecule has 2 N–H and O–H groups in total. The van der Waals surface area contributed by atoms with Crippen molar-refractivity contribution in [3.8, 4) is 17.0 Å². The molecule has 0 fully saturated rings. The minimum Gasteiger partial charge on any atom is -0.487 e. The molecule has 5 heteroatoms. The van der Waals surface area contributed by atoms with Crippen LogP contribution in [0.1, 0.15) is 11.1 Å². The predicted octanol–water partition coefficient (Wildman–Crippen LogP) is 3.74. The Balaban J connectivity index is 1.53. The summed E-state index contributed by atoms with van der Waals surface area (Å²) in [5, 5.41) is 0. The third kappa shape index (κ3) is 3.21. The normalized spacial score (nSPS) is 12.6. The number of nitrogens with zero attached hydrogens (tertiary/aromatic N) is 3. The maximum absolute atomic E-state index is 5.91. The molecule has 0 saturated heterocycles. The van der Waals surface area contributed by atoms with Crippen LogP contribution in [0.4, 0.5) is 11.6 Å². The molecule has 1 aliphatic rings. The van der Waals surface area contributed by atoms with E-state index in [2.05, 4.69) is 16.0 Å². The minimum atomic E-state index is 0.272. The monoisotopic (exact) mass is 330 g/mol. The zero-order chi connectivity index (χ0) is 17.2. The average molecular weight is 330 g/mol. The molecule has 0 atom stereocenters. The number of hydrogen-bond acceptors (Lipinski definition) is 5. The van der Waals surface area contributed by atoms with Crippen LogP contribution in [0.15, 0.2) is 59.7 Å². The molecule has 5 nitrogen and oxygen atoms in total. The molecule has 0 spiro atoms. The summed E-state index contributed by atoms with van der Waals surface area (Å²) in [5.74, 6) is 1.17. The maximum Gasteiger partial charge on any atom is 0.220 e. The van der Waals surface area contributed by atoms with E-state index < -0.39 is 0 Å². The van der Waals surface area contributed by atoms with Gasteiger partial charge in [-0.2, -0.15) is 0 Å². The fraction of sp³-hybridized carbons (Fsp3) is 0.150. The smallest absolute Gasteiger partial charge is 0.220 e. The molecule has 0 radical (unpaired) electrons. The Morgan fingerprint density at radius 1 is 1.12 bits per heavy atom. The molecule has 0 amide bonds. The summed E-state index contributed by atoms with van der Waals surface area (Å²) in [6.07, 6.45) is 2.48. The Hall–Kier alpha value is -3.21. The molecule has 0 bridgehead atoms. The molecule has 1 aromatic heterocycles. The third-order valence-electron chi connectivity index (χ3n) is 4.22. The van der Waals surface area contributed by atoms with E-state index in [4.69, 9.17) is 15.5 Å². The summed E-state index contributed by atoms with van der Waals surface area (Å²) in [7, 11) is 0. The molecule has 2 aromatic carbocycles. The van der Waals surface area contributed by atoms with Gasteiger partial charge in [0.15, 0.2) is 0 Å². The van der Waals surface area contributed by atoms with Crippen molar-refractivity contribution >= 4 is 17.3 Å². The Morgan fingerprint density at radius 3 is 2.84 bits per heavy atom. The Morgan fingerprint density at radius 2 is 2.00 bits per heavy atom. The first-order valence-electron chi connectivity index (χ1n) is 8.16. The minimum absolute atomic E-state index is 0.272. The van der Waals surface area contributed by atoms with Gasteiger partial charge in [-0.3, -0.25) is 4.99 Å². The van der Waals surface area contributed by atoms with E-state index in [1.807, 2.05) is 49.4 Å². The van der Waals surface area contributed by atoms with E-state index in [9.17, 15) is 0 Å². The quantitative estimate of drug-likeness (QED) is 0.791. The number of anilines is 1. The van der Waals surface area contributed by atoms with Gasteiger partial charge in [0, 0.05) is 18.2 Å². The third-order valence-corrected chi connectivity index (χ3v) is 4.22. The van der Waals surface area contributed by atoms with Crippen LogP contribution in [0.2, 0.25) is 0 Å². The van der Waals surface area contributed by atoms with Crippen LogP contribution in [-0.4, -0.2) is 22.3 Å². The van der Waals surface area contributed by atoms with Gasteiger partial charge in [0.2, 0.25) is 5.95 Å². The van der Waals surface area contributed by atoms with Gasteiger partial charge in [0.05, 0.1) is 17.1 Å². The molecule has 1 aliphatic heterocycles. The molecule has 0 aliphatic carbocycles. The van der Waals surface area contributed by atoms with Crippen molar-refractivity contribution in [2.45, 2.75) is 13.3 Å². The van der Waals surface area contributed by atoms with Crippen molar-refractivity contribution in [2.75, 3.05) is 12.3 Å². The van der Waals surface area contributed by atoms with Crippen LogP contribution in [-0.2, 0) is 6.42 Å². The summed E-state index contributed by atoms with van der Waals surface area (Å²) in [5.41, 5.74) is 11.8. The van der Waals surface area contributed by atoms with Crippen molar-refractivity contribution in [3.05, 3.63) is 65.9 Å². The highest BCUT2D eigenvalue weighted by Crippen LogP contribution is 2.31. The standard InChI is InChI=1S/C20H18N4O/c1-13-4-2-3-5-19(13)25-12-16-10-14-6-7-15(11-18(14)23-16)17-8-9-22-20(21)24-17/h2-9,11H,10,12H2,1H3,(H2,21,22,24). The van der Waals surface area contributed by atoms with E-state index >= 15 is 0 Å². The number of hydrogen-bond donors (Lipinski definition) is 1. The van der Waals surface area contributed by atoms with Gasteiger partial charge >= 0.3 is 0 Å². The van der Waals surface area contributed by atoms with Gasteiger partial charge < -0.3 is 10.5 Å². The number of benzene rings is 2. The first-order chi connectivity index (χ1) is 12.2. The lowest BCUT2D eigenvalue weighted by Gasteiger charge is -2.08. The van der Waals surface area contributed by atoms with Crippen molar-refractivity contribution in [2.24, 2.45) is 4.99 Å². The summed E-state index contributed by atoms with van der Waals surface area (Å²) in [6, 6.07) is 16.0. The number of ether oxygens (including phenoxy) is 1. The van der Waals surface area contributed by atoms with E-state index in [0.717, 1.165) is 40.4 Å². The van der Waals surface area contributed by atoms with Gasteiger partial charge in [-0.1, -0.05) is 30.3 Å². The first kappa shape index (κ1) is 15.3. The largest absolute Gasteiger partial charge is 0.487 e. The van der Waals surface area contributed by atoms with Gasteiger partial charge in [-0.25, -0.2) is 9.97 Å². The number of nitrogen functional groups attached to an aromatic ring is 1. The molecule has 4 rings (SSSR count).